The van der Waals surface area contributed by atoms with Crippen LogP contribution in [0.4, 0.5) is 34.1 Å². The number of nitrogens with zero attached hydrogens (tertiary/aromatic N) is 2. The van der Waals surface area contributed by atoms with Gasteiger partial charge in [0.05, 0.1) is 11.1 Å². The van der Waals surface area contributed by atoms with Crippen LogP contribution in [-0.4, -0.2) is 6.71 Å². The van der Waals surface area contributed by atoms with E-state index in [1.165, 1.54) is 137 Å². The van der Waals surface area contributed by atoms with Gasteiger partial charge in [0, 0.05) is 39.4 Å². The lowest BCUT2D eigenvalue weighted by atomic mass is 9.32. The molecule has 5 aliphatic rings. The van der Waals surface area contributed by atoms with E-state index in [9.17, 15) is 0 Å². The summed E-state index contributed by atoms with van der Waals surface area (Å²) in [7, 11) is 0. The molecule has 2 aliphatic heterocycles. The molecule has 0 bridgehead atoms. The van der Waals surface area contributed by atoms with Gasteiger partial charge < -0.3 is 14.2 Å². The highest BCUT2D eigenvalue weighted by Gasteiger charge is 2.51. The number of aryl methyl sites for hydroxylation is 1. The van der Waals surface area contributed by atoms with Crippen LogP contribution in [0, 0.1) is 6.92 Å². The number of para-hydroxylation sites is 1. The first-order valence-electron chi connectivity index (χ1n) is 27.6. The molecule has 0 unspecified atom stereocenters. The minimum absolute atomic E-state index is 0.00818. The highest BCUT2D eigenvalue weighted by molar-refractivity contribution is 7.00. The van der Waals surface area contributed by atoms with Gasteiger partial charge in [-0.3, -0.25) is 0 Å². The first-order valence-corrected chi connectivity index (χ1v) is 27.6. The smallest absolute Gasteiger partial charge is 0.252 e. The molecule has 3 nitrogen and oxygen atoms in total. The molecule has 72 heavy (non-hydrogen) atoms. The molecule has 3 heterocycles. The lowest BCUT2D eigenvalue weighted by Crippen LogP contribution is -2.62. The number of fused-ring (bicyclic) bond motifs is 10. The number of benzene rings is 6. The van der Waals surface area contributed by atoms with Crippen LogP contribution in [0.3, 0.4) is 0 Å². The van der Waals surface area contributed by atoms with Crippen LogP contribution in [0.15, 0.2) is 89.3 Å². The van der Waals surface area contributed by atoms with Crippen molar-refractivity contribution in [3.63, 3.8) is 0 Å². The predicted octanol–water partition coefficient (Wildman–Crippen LogP) is 17.2. The average molecular weight is 953 g/mol. The molecule has 0 atom stereocenters. The van der Waals surface area contributed by atoms with E-state index in [4.69, 9.17) is 4.42 Å². The summed E-state index contributed by atoms with van der Waals surface area (Å²) in [5.74, 6) is 0. The van der Waals surface area contributed by atoms with Crippen LogP contribution in [0.2, 0.25) is 0 Å². The zero-order chi connectivity index (χ0) is 51.6. The molecule has 0 fully saturated rings. The van der Waals surface area contributed by atoms with E-state index in [1.807, 2.05) is 0 Å². The van der Waals surface area contributed by atoms with Crippen molar-refractivity contribution in [3.05, 3.63) is 135 Å². The largest absolute Gasteiger partial charge is 0.456 e. The van der Waals surface area contributed by atoms with Crippen molar-refractivity contribution >= 4 is 79.2 Å². The van der Waals surface area contributed by atoms with Crippen LogP contribution in [0.1, 0.15) is 207 Å². The molecular formula is C68H81BN2O. The fourth-order valence-electron chi connectivity index (χ4n) is 15.0. The molecule has 7 aromatic rings. The standard InChI is InChI=1S/C68H81BN2O/c1-39-30-43-46(65(12,13)28-26-63(43,8)9)35-52(39)71-54-36-47-44(64(10,11)27-29-66(47,14)15)33-49(54)69-50-34-45-48(68(18,19)38-67(45,16)17)37-53(50)70(55-31-40(61(2,3)4)32-56(71)59(55)69)51-25-24-42(62(5,6)7)60-58(51)41-22-20-21-23-57(41)72-60/h20-25,30-37H,26-29,38H2,1-19H3. The summed E-state index contributed by atoms with van der Waals surface area (Å²) in [5.41, 5.74) is 26.9. The fourth-order valence-corrected chi connectivity index (χ4v) is 15.0. The van der Waals surface area contributed by atoms with Gasteiger partial charge in [0.2, 0.25) is 0 Å². The summed E-state index contributed by atoms with van der Waals surface area (Å²) < 4.78 is 7.07. The Kier molecular flexibility index (Phi) is 9.65. The average Bonchev–Trinajstić information content (AvgIpc) is 3.75. The minimum atomic E-state index is -0.143. The molecule has 0 saturated carbocycles. The summed E-state index contributed by atoms with van der Waals surface area (Å²) in [6.07, 6.45) is 5.82. The maximum Gasteiger partial charge on any atom is 0.252 e. The van der Waals surface area contributed by atoms with Crippen LogP contribution >= 0.6 is 0 Å². The topological polar surface area (TPSA) is 19.6 Å². The second kappa shape index (κ2) is 14.5. The van der Waals surface area contributed by atoms with Crippen molar-refractivity contribution < 1.29 is 4.42 Å². The van der Waals surface area contributed by atoms with Crippen molar-refractivity contribution in [1.29, 1.82) is 0 Å². The number of rotatable bonds is 2. The molecule has 6 aromatic carbocycles. The summed E-state index contributed by atoms with van der Waals surface area (Å²) in [6, 6.07) is 34.8. The second-order valence-electron chi connectivity index (χ2n) is 29.5. The molecule has 0 amide bonds. The zero-order valence-electron chi connectivity index (χ0n) is 47.5. The maximum absolute atomic E-state index is 7.07. The van der Waals surface area contributed by atoms with Crippen molar-refractivity contribution in [2.45, 2.75) is 207 Å². The number of hydrogen-bond donors (Lipinski definition) is 0. The summed E-state index contributed by atoms with van der Waals surface area (Å²) in [6.45, 7) is 46.5. The Hall–Kier alpha value is -5.22. The lowest BCUT2D eigenvalue weighted by molar-refractivity contribution is 0.331. The van der Waals surface area contributed by atoms with Crippen molar-refractivity contribution in [2.24, 2.45) is 0 Å². The molecular weight excluding hydrogens is 872 g/mol. The van der Waals surface area contributed by atoms with E-state index in [1.54, 1.807) is 0 Å². The number of anilines is 6. The van der Waals surface area contributed by atoms with Crippen molar-refractivity contribution in [3.8, 4) is 0 Å². The highest BCUT2D eigenvalue weighted by Crippen LogP contribution is 2.57. The van der Waals surface area contributed by atoms with E-state index in [0.717, 1.165) is 17.6 Å². The van der Waals surface area contributed by atoms with Crippen molar-refractivity contribution in [2.75, 3.05) is 9.80 Å². The Morgan fingerprint density at radius 3 is 1.42 bits per heavy atom. The monoisotopic (exact) mass is 953 g/mol. The molecule has 1 aromatic heterocycles. The van der Waals surface area contributed by atoms with Crippen LogP contribution in [-0.2, 0) is 43.3 Å². The SMILES string of the molecule is Cc1cc2c(cc1N1c3cc4c(cc3B3c5cc6c(cc5N(c5ccc(C(C)(C)C)c7oc8ccccc8c57)c5cc(C(C)(C)C)cc1c53)C(C)(C)CC6(C)C)C(C)(C)CCC4(C)C)C(C)(C)CCC2(C)C. The minimum Gasteiger partial charge on any atom is -0.456 e. The molecule has 0 N–H and O–H groups in total. The maximum atomic E-state index is 7.07. The van der Waals surface area contributed by atoms with Gasteiger partial charge in [0.15, 0.2) is 0 Å². The Morgan fingerprint density at radius 2 is 0.903 bits per heavy atom. The third-order valence-corrected chi connectivity index (χ3v) is 19.3. The Morgan fingerprint density at radius 1 is 0.458 bits per heavy atom. The van der Waals surface area contributed by atoms with E-state index in [0.29, 0.717) is 0 Å². The molecule has 4 heteroatoms. The third kappa shape index (κ3) is 6.67. The zero-order valence-corrected chi connectivity index (χ0v) is 47.5. The molecule has 0 radical (unpaired) electrons. The van der Waals surface area contributed by atoms with Crippen LogP contribution in [0.25, 0.3) is 21.9 Å². The molecule has 3 aliphatic carbocycles. The van der Waals surface area contributed by atoms with E-state index < -0.39 is 0 Å². The number of furan rings is 1. The lowest BCUT2D eigenvalue weighted by Gasteiger charge is -2.49. The molecule has 0 spiro atoms. The summed E-state index contributed by atoms with van der Waals surface area (Å²) in [4.78, 5) is 5.50. The molecule has 12 rings (SSSR count). The van der Waals surface area contributed by atoms with E-state index in [2.05, 4.69) is 226 Å². The van der Waals surface area contributed by atoms with Gasteiger partial charge in [-0.25, -0.2) is 0 Å². The normalized spacial score (nSPS) is 20.5. The highest BCUT2D eigenvalue weighted by atomic mass is 16.3. The number of hydrogen-bond acceptors (Lipinski definition) is 3. The Bertz CT molecular complexity index is 3500. The Balaban J connectivity index is 1.28. The van der Waals surface area contributed by atoms with Gasteiger partial charge in [-0.15, -0.1) is 0 Å². The van der Waals surface area contributed by atoms with E-state index >= 15 is 0 Å². The van der Waals surface area contributed by atoms with Gasteiger partial charge in [-0.1, -0.05) is 167 Å². The van der Waals surface area contributed by atoms with Gasteiger partial charge in [-0.2, -0.15) is 0 Å². The first kappa shape index (κ1) is 47.8. The van der Waals surface area contributed by atoms with Crippen LogP contribution in [0.5, 0.6) is 0 Å². The second-order valence-corrected chi connectivity index (χ2v) is 29.5. The first-order chi connectivity index (χ1) is 33.3. The van der Waals surface area contributed by atoms with Gasteiger partial charge in [0.25, 0.3) is 6.71 Å². The van der Waals surface area contributed by atoms with Gasteiger partial charge >= 0.3 is 0 Å². The Labute approximate surface area is 433 Å². The summed E-state index contributed by atoms with van der Waals surface area (Å²) >= 11 is 0. The van der Waals surface area contributed by atoms with Crippen molar-refractivity contribution in [1.82, 2.24) is 0 Å². The summed E-state index contributed by atoms with van der Waals surface area (Å²) in [5, 5.41) is 2.36. The van der Waals surface area contributed by atoms with E-state index in [-0.39, 0.29) is 50.0 Å². The predicted molar refractivity (Wildman–Crippen MR) is 311 cm³/mol. The molecule has 372 valence electrons. The van der Waals surface area contributed by atoms with Crippen LogP contribution < -0.4 is 26.2 Å². The molecule has 0 saturated heterocycles. The van der Waals surface area contributed by atoms with Gasteiger partial charge in [-0.05, 0) is 186 Å². The fraction of sp³-hybridized carbons (Fsp3) is 0.471. The third-order valence-electron chi connectivity index (χ3n) is 19.3. The van der Waals surface area contributed by atoms with Gasteiger partial charge in [0.1, 0.15) is 11.2 Å². The quantitative estimate of drug-likeness (QED) is 0.161.